The largest absolute Gasteiger partial charge is 0.598 e. The van der Waals surface area contributed by atoms with Crippen molar-refractivity contribution in [3.05, 3.63) is 107 Å². The van der Waals surface area contributed by atoms with Gasteiger partial charge in [0.1, 0.15) is 4.75 Å². The molecule has 0 aliphatic rings. The minimum absolute atomic E-state index is 0.0337. The van der Waals surface area contributed by atoms with Crippen LogP contribution in [0.5, 0.6) is 0 Å². The van der Waals surface area contributed by atoms with Gasteiger partial charge in [-0.3, -0.25) is 0 Å². The van der Waals surface area contributed by atoms with E-state index in [4.69, 9.17) is 11.6 Å². The Labute approximate surface area is 176 Å². The summed E-state index contributed by atoms with van der Waals surface area (Å²) in [6.45, 7) is 5.92. The van der Waals surface area contributed by atoms with Crippen LogP contribution in [-0.2, 0) is 11.4 Å². The fourth-order valence-corrected chi connectivity index (χ4v) is 4.33. The lowest BCUT2D eigenvalue weighted by Gasteiger charge is -2.33. The van der Waals surface area contributed by atoms with Gasteiger partial charge < -0.3 is 4.55 Å². The maximum absolute atomic E-state index is 13.1. The van der Waals surface area contributed by atoms with E-state index in [2.05, 4.69) is 29.0 Å². The first-order chi connectivity index (χ1) is 13.4. The lowest BCUT2D eigenvalue weighted by Crippen LogP contribution is -2.43. The Bertz CT molecular complexity index is 840. The standard InChI is InChI=1S/C24H26ClNOS/c1-24(2,3)28(27)26-23(20-16-10-11-17-21(20)25)22(18-12-6-4-7-13-18)19-14-8-5-9-15-19/h4-17,22-23,26H,1-3H3. The lowest BCUT2D eigenvalue weighted by atomic mass is 9.82. The molecule has 2 unspecified atom stereocenters. The van der Waals surface area contributed by atoms with Crippen molar-refractivity contribution in [2.75, 3.05) is 0 Å². The summed E-state index contributed by atoms with van der Waals surface area (Å²) in [6.07, 6.45) is 0. The van der Waals surface area contributed by atoms with E-state index in [0.717, 1.165) is 16.7 Å². The number of rotatable bonds is 6. The Morgan fingerprint density at radius 2 is 1.25 bits per heavy atom. The number of hydrogen-bond donors (Lipinski definition) is 1. The highest BCUT2D eigenvalue weighted by Gasteiger charge is 2.35. The Morgan fingerprint density at radius 1 is 0.786 bits per heavy atom. The fourth-order valence-electron chi connectivity index (χ4n) is 3.23. The Hall–Kier alpha value is -1.78. The van der Waals surface area contributed by atoms with Crippen molar-refractivity contribution in [3.63, 3.8) is 0 Å². The molecule has 3 rings (SSSR count). The van der Waals surface area contributed by atoms with Crippen LogP contribution >= 0.6 is 11.6 Å². The zero-order valence-corrected chi connectivity index (χ0v) is 18.0. The van der Waals surface area contributed by atoms with Crippen molar-refractivity contribution in [1.29, 1.82) is 0 Å². The van der Waals surface area contributed by atoms with E-state index in [1.807, 2.05) is 81.4 Å². The average molecular weight is 412 g/mol. The van der Waals surface area contributed by atoms with Gasteiger partial charge in [-0.15, -0.1) is 4.72 Å². The summed E-state index contributed by atoms with van der Waals surface area (Å²) >= 11 is 5.34. The number of halogens is 1. The van der Waals surface area contributed by atoms with Gasteiger partial charge in [-0.2, -0.15) is 0 Å². The molecule has 0 spiro atoms. The Balaban J connectivity index is 2.15. The SMILES string of the molecule is CC(C)(C)[S+]([O-])NC(c1ccccc1Cl)C(c1ccccc1)c1ccccc1. The van der Waals surface area contributed by atoms with Gasteiger partial charge in [0.05, 0.1) is 6.04 Å². The summed E-state index contributed by atoms with van der Waals surface area (Å²) in [5.74, 6) is -0.0337. The summed E-state index contributed by atoms with van der Waals surface area (Å²) in [7, 11) is 0. The third kappa shape index (κ3) is 4.98. The lowest BCUT2D eigenvalue weighted by molar-refractivity contribution is 0.505. The van der Waals surface area contributed by atoms with Gasteiger partial charge in [0.2, 0.25) is 0 Å². The van der Waals surface area contributed by atoms with Gasteiger partial charge >= 0.3 is 0 Å². The van der Waals surface area contributed by atoms with E-state index in [1.165, 1.54) is 0 Å². The number of nitrogens with one attached hydrogen (secondary N) is 1. The van der Waals surface area contributed by atoms with Crippen LogP contribution in [0, 0.1) is 0 Å². The molecule has 28 heavy (non-hydrogen) atoms. The molecule has 0 amide bonds. The van der Waals surface area contributed by atoms with E-state index in [9.17, 15) is 4.55 Å². The third-order valence-corrected chi connectivity index (χ3v) is 6.61. The highest BCUT2D eigenvalue weighted by molar-refractivity contribution is 7.90. The predicted octanol–water partition coefficient (Wildman–Crippen LogP) is 6.27. The minimum atomic E-state index is -1.25. The number of hydrogen-bond acceptors (Lipinski definition) is 2. The van der Waals surface area contributed by atoms with Gasteiger partial charge in [0.15, 0.2) is 0 Å². The summed E-state index contributed by atoms with van der Waals surface area (Å²) in [4.78, 5) is 0. The average Bonchev–Trinajstić information content (AvgIpc) is 2.69. The molecule has 3 aromatic carbocycles. The van der Waals surface area contributed by atoms with Crippen molar-refractivity contribution in [2.24, 2.45) is 0 Å². The maximum atomic E-state index is 13.1. The normalized spacial score (nSPS) is 14.1. The first-order valence-electron chi connectivity index (χ1n) is 9.40. The van der Waals surface area contributed by atoms with Crippen LogP contribution in [0.15, 0.2) is 84.9 Å². The van der Waals surface area contributed by atoms with Gasteiger partial charge in [-0.1, -0.05) is 90.5 Å². The minimum Gasteiger partial charge on any atom is -0.598 e. The van der Waals surface area contributed by atoms with Gasteiger partial charge in [-0.25, -0.2) is 0 Å². The van der Waals surface area contributed by atoms with Crippen LogP contribution in [0.3, 0.4) is 0 Å². The summed E-state index contributed by atoms with van der Waals surface area (Å²) in [5, 5.41) is 0.669. The molecule has 3 aromatic rings. The van der Waals surface area contributed by atoms with Crippen molar-refractivity contribution < 1.29 is 4.55 Å². The van der Waals surface area contributed by atoms with Crippen LogP contribution in [0.2, 0.25) is 5.02 Å². The smallest absolute Gasteiger partial charge is 0.136 e. The molecule has 146 valence electrons. The van der Waals surface area contributed by atoms with Crippen LogP contribution < -0.4 is 4.72 Å². The van der Waals surface area contributed by atoms with Crippen LogP contribution in [0.1, 0.15) is 49.4 Å². The van der Waals surface area contributed by atoms with Gasteiger partial charge in [0, 0.05) is 22.3 Å². The molecule has 0 aliphatic heterocycles. The summed E-state index contributed by atoms with van der Waals surface area (Å²) in [5.41, 5.74) is 3.24. The topological polar surface area (TPSA) is 35.1 Å². The monoisotopic (exact) mass is 411 g/mol. The molecule has 0 saturated carbocycles. The maximum Gasteiger partial charge on any atom is 0.136 e. The zero-order chi connectivity index (χ0) is 20.1. The molecular formula is C24H26ClNOS. The molecule has 0 saturated heterocycles. The quantitative estimate of drug-likeness (QED) is 0.485. The van der Waals surface area contributed by atoms with E-state index in [1.54, 1.807) is 0 Å². The van der Waals surface area contributed by atoms with Crippen molar-refractivity contribution in [2.45, 2.75) is 37.5 Å². The van der Waals surface area contributed by atoms with E-state index in [-0.39, 0.29) is 12.0 Å². The molecule has 0 aliphatic carbocycles. The summed E-state index contributed by atoms with van der Waals surface area (Å²) < 4.78 is 16.1. The van der Waals surface area contributed by atoms with Crippen molar-refractivity contribution in [3.8, 4) is 0 Å². The second-order valence-corrected chi connectivity index (χ2v) is 10.2. The van der Waals surface area contributed by atoms with E-state index >= 15 is 0 Å². The molecule has 0 bridgehead atoms. The van der Waals surface area contributed by atoms with Gasteiger partial charge in [0.25, 0.3) is 0 Å². The van der Waals surface area contributed by atoms with E-state index < -0.39 is 16.1 Å². The highest BCUT2D eigenvalue weighted by atomic mass is 35.5. The highest BCUT2D eigenvalue weighted by Crippen LogP contribution is 2.40. The molecule has 0 aromatic heterocycles. The van der Waals surface area contributed by atoms with Crippen LogP contribution in [-0.4, -0.2) is 9.30 Å². The Kier molecular flexibility index (Phi) is 6.84. The number of benzene rings is 3. The summed E-state index contributed by atoms with van der Waals surface area (Å²) in [6, 6.07) is 28.2. The first-order valence-corrected chi connectivity index (χ1v) is 10.9. The van der Waals surface area contributed by atoms with Crippen molar-refractivity contribution >= 4 is 23.0 Å². The molecule has 2 nitrogen and oxygen atoms in total. The Morgan fingerprint density at radius 3 is 1.71 bits per heavy atom. The van der Waals surface area contributed by atoms with Crippen LogP contribution in [0.25, 0.3) is 0 Å². The molecule has 2 atom stereocenters. The molecule has 1 N–H and O–H groups in total. The molecule has 0 fully saturated rings. The third-order valence-electron chi connectivity index (χ3n) is 4.68. The molecule has 0 radical (unpaired) electrons. The second kappa shape index (κ2) is 9.15. The van der Waals surface area contributed by atoms with Crippen LogP contribution in [0.4, 0.5) is 0 Å². The molecular weight excluding hydrogens is 386 g/mol. The fraction of sp³-hybridized carbons (Fsp3) is 0.250. The van der Waals surface area contributed by atoms with Crippen molar-refractivity contribution in [1.82, 2.24) is 4.72 Å². The van der Waals surface area contributed by atoms with E-state index in [0.29, 0.717) is 5.02 Å². The molecule has 4 heteroatoms. The molecule has 0 heterocycles. The predicted molar refractivity (Wildman–Crippen MR) is 120 cm³/mol. The first kappa shape index (κ1) is 20.9. The second-order valence-electron chi connectivity index (χ2n) is 7.80. The zero-order valence-electron chi connectivity index (χ0n) is 16.4. The van der Waals surface area contributed by atoms with Gasteiger partial charge in [-0.05, 0) is 43.5 Å².